The molecule has 0 aromatic heterocycles. The predicted octanol–water partition coefficient (Wildman–Crippen LogP) is 3.01. The van der Waals surface area contributed by atoms with E-state index in [2.05, 4.69) is 5.32 Å². The van der Waals surface area contributed by atoms with Gasteiger partial charge in [0.2, 0.25) is 0 Å². The van der Waals surface area contributed by atoms with Crippen LogP contribution in [0.25, 0.3) is 0 Å². The third-order valence-corrected chi connectivity index (χ3v) is 3.17. The standard InChI is InChI=1S/C17H20N2O2/c1-19(2)17(20)14-5-4-6-15(11-14)18-12-13-7-9-16(21-3)10-8-13/h4-11,18H,12H2,1-3H3. The molecule has 2 rings (SSSR count). The van der Waals surface area contributed by atoms with Crippen molar-refractivity contribution in [2.24, 2.45) is 0 Å². The minimum atomic E-state index is 0.00287. The number of methoxy groups -OCH3 is 1. The lowest BCUT2D eigenvalue weighted by Gasteiger charge is -2.12. The molecule has 0 aliphatic rings. The number of carbonyl (C=O) groups excluding carboxylic acids is 1. The maximum absolute atomic E-state index is 11.9. The molecule has 2 aromatic rings. The molecule has 4 heteroatoms. The highest BCUT2D eigenvalue weighted by Gasteiger charge is 2.07. The molecule has 0 bridgehead atoms. The highest BCUT2D eigenvalue weighted by Crippen LogP contribution is 2.15. The first kappa shape index (κ1) is 14.9. The first-order valence-corrected chi connectivity index (χ1v) is 6.78. The number of carbonyl (C=O) groups is 1. The zero-order valence-electron chi connectivity index (χ0n) is 12.6. The van der Waals surface area contributed by atoms with E-state index in [0.29, 0.717) is 12.1 Å². The first-order valence-electron chi connectivity index (χ1n) is 6.78. The summed E-state index contributed by atoms with van der Waals surface area (Å²) in [4.78, 5) is 13.5. The molecule has 0 radical (unpaired) electrons. The van der Waals surface area contributed by atoms with Gasteiger partial charge < -0.3 is 15.0 Å². The fraction of sp³-hybridized carbons (Fsp3) is 0.235. The van der Waals surface area contributed by atoms with Crippen molar-refractivity contribution in [3.63, 3.8) is 0 Å². The van der Waals surface area contributed by atoms with Crippen LogP contribution in [-0.2, 0) is 6.54 Å². The Morgan fingerprint density at radius 1 is 1.14 bits per heavy atom. The van der Waals surface area contributed by atoms with Gasteiger partial charge in [-0.15, -0.1) is 0 Å². The number of hydrogen-bond donors (Lipinski definition) is 1. The van der Waals surface area contributed by atoms with Crippen LogP contribution >= 0.6 is 0 Å². The highest BCUT2D eigenvalue weighted by atomic mass is 16.5. The minimum absolute atomic E-state index is 0.00287. The lowest BCUT2D eigenvalue weighted by molar-refractivity contribution is 0.0827. The summed E-state index contributed by atoms with van der Waals surface area (Å²) >= 11 is 0. The number of nitrogens with zero attached hydrogens (tertiary/aromatic N) is 1. The topological polar surface area (TPSA) is 41.6 Å². The summed E-state index contributed by atoms with van der Waals surface area (Å²) in [7, 11) is 5.15. The molecule has 0 aliphatic carbocycles. The van der Waals surface area contributed by atoms with Crippen molar-refractivity contribution in [2.45, 2.75) is 6.54 Å². The molecule has 110 valence electrons. The van der Waals surface area contributed by atoms with Crippen molar-refractivity contribution in [1.29, 1.82) is 0 Å². The van der Waals surface area contributed by atoms with Gasteiger partial charge in [0.15, 0.2) is 0 Å². The molecule has 2 aromatic carbocycles. The molecular weight excluding hydrogens is 264 g/mol. The number of amides is 1. The number of ether oxygens (including phenoxy) is 1. The second-order valence-electron chi connectivity index (χ2n) is 4.98. The molecule has 0 saturated heterocycles. The smallest absolute Gasteiger partial charge is 0.253 e. The summed E-state index contributed by atoms with van der Waals surface area (Å²) in [6.45, 7) is 0.698. The monoisotopic (exact) mass is 284 g/mol. The van der Waals surface area contributed by atoms with Gasteiger partial charge in [-0.25, -0.2) is 0 Å². The summed E-state index contributed by atoms with van der Waals surface area (Å²) in [6.07, 6.45) is 0. The summed E-state index contributed by atoms with van der Waals surface area (Å²) in [5, 5.41) is 3.32. The molecule has 1 amide bonds. The van der Waals surface area contributed by atoms with Gasteiger partial charge >= 0.3 is 0 Å². The van der Waals surface area contributed by atoms with Gasteiger partial charge in [-0.05, 0) is 35.9 Å². The van der Waals surface area contributed by atoms with Gasteiger partial charge in [0.1, 0.15) is 5.75 Å². The summed E-state index contributed by atoms with van der Waals surface area (Å²) in [6, 6.07) is 15.4. The highest BCUT2D eigenvalue weighted by molar-refractivity contribution is 5.94. The van der Waals surface area contributed by atoms with Gasteiger partial charge in [0.25, 0.3) is 5.91 Å². The molecule has 0 atom stereocenters. The SMILES string of the molecule is COc1ccc(CNc2cccc(C(=O)N(C)C)c2)cc1. The van der Waals surface area contributed by atoms with E-state index in [9.17, 15) is 4.79 Å². The predicted molar refractivity (Wildman–Crippen MR) is 84.8 cm³/mol. The average molecular weight is 284 g/mol. The minimum Gasteiger partial charge on any atom is -0.497 e. The maximum atomic E-state index is 11.9. The molecule has 0 fully saturated rings. The van der Waals surface area contributed by atoms with E-state index in [1.807, 2.05) is 48.5 Å². The fourth-order valence-corrected chi connectivity index (χ4v) is 1.97. The largest absolute Gasteiger partial charge is 0.497 e. The zero-order valence-corrected chi connectivity index (χ0v) is 12.6. The van der Waals surface area contributed by atoms with Crippen LogP contribution in [0.1, 0.15) is 15.9 Å². The van der Waals surface area contributed by atoms with E-state index in [1.54, 1.807) is 26.1 Å². The second-order valence-corrected chi connectivity index (χ2v) is 4.98. The molecule has 0 aliphatic heterocycles. The van der Waals surface area contributed by atoms with Crippen molar-refractivity contribution in [2.75, 3.05) is 26.5 Å². The van der Waals surface area contributed by atoms with E-state index in [0.717, 1.165) is 17.0 Å². The molecular formula is C17H20N2O2. The Labute approximate surface area is 125 Å². The number of nitrogens with one attached hydrogen (secondary N) is 1. The van der Waals surface area contributed by atoms with Crippen LogP contribution in [0.2, 0.25) is 0 Å². The van der Waals surface area contributed by atoms with Crippen molar-refractivity contribution in [1.82, 2.24) is 4.90 Å². The summed E-state index contributed by atoms with van der Waals surface area (Å²) < 4.78 is 5.13. The van der Waals surface area contributed by atoms with Crippen molar-refractivity contribution >= 4 is 11.6 Å². The van der Waals surface area contributed by atoms with Crippen LogP contribution in [0.15, 0.2) is 48.5 Å². The van der Waals surface area contributed by atoms with Gasteiger partial charge in [-0.2, -0.15) is 0 Å². The molecule has 0 unspecified atom stereocenters. The van der Waals surface area contributed by atoms with E-state index >= 15 is 0 Å². The van der Waals surface area contributed by atoms with E-state index in [4.69, 9.17) is 4.74 Å². The van der Waals surface area contributed by atoms with E-state index < -0.39 is 0 Å². The number of benzene rings is 2. The lowest BCUT2D eigenvalue weighted by atomic mass is 10.1. The second kappa shape index (κ2) is 6.79. The number of rotatable bonds is 5. The van der Waals surface area contributed by atoms with Crippen molar-refractivity contribution < 1.29 is 9.53 Å². The molecule has 0 heterocycles. The third-order valence-electron chi connectivity index (χ3n) is 3.17. The Kier molecular flexibility index (Phi) is 4.82. The molecule has 0 saturated carbocycles. The normalized spacial score (nSPS) is 10.0. The van der Waals surface area contributed by atoms with Crippen LogP contribution in [0.3, 0.4) is 0 Å². The maximum Gasteiger partial charge on any atom is 0.253 e. The molecule has 0 spiro atoms. The van der Waals surface area contributed by atoms with Crippen LogP contribution in [0.5, 0.6) is 5.75 Å². The lowest BCUT2D eigenvalue weighted by Crippen LogP contribution is -2.21. The Bertz CT molecular complexity index is 606. The van der Waals surface area contributed by atoms with Crippen LogP contribution in [0.4, 0.5) is 5.69 Å². The molecule has 21 heavy (non-hydrogen) atoms. The van der Waals surface area contributed by atoms with E-state index in [-0.39, 0.29) is 5.91 Å². The van der Waals surface area contributed by atoms with Gasteiger partial charge in [0, 0.05) is 31.9 Å². The van der Waals surface area contributed by atoms with Crippen molar-refractivity contribution in [3.05, 3.63) is 59.7 Å². The zero-order chi connectivity index (χ0) is 15.2. The average Bonchev–Trinajstić information content (AvgIpc) is 2.53. The molecule has 1 N–H and O–H groups in total. The summed E-state index contributed by atoms with van der Waals surface area (Å²) in [5.74, 6) is 0.848. The Morgan fingerprint density at radius 2 is 1.86 bits per heavy atom. The fourth-order valence-electron chi connectivity index (χ4n) is 1.97. The number of anilines is 1. The number of hydrogen-bond acceptors (Lipinski definition) is 3. The van der Waals surface area contributed by atoms with Crippen LogP contribution in [-0.4, -0.2) is 32.0 Å². The van der Waals surface area contributed by atoms with Gasteiger partial charge in [0.05, 0.1) is 7.11 Å². The van der Waals surface area contributed by atoms with Crippen LogP contribution in [0, 0.1) is 0 Å². The van der Waals surface area contributed by atoms with Gasteiger partial charge in [-0.1, -0.05) is 18.2 Å². The van der Waals surface area contributed by atoms with Gasteiger partial charge in [-0.3, -0.25) is 4.79 Å². The van der Waals surface area contributed by atoms with E-state index in [1.165, 1.54) is 0 Å². The third kappa shape index (κ3) is 3.99. The van der Waals surface area contributed by atoms with Crippen molar-refractivity contribution in [3.8, 4) is 5.75 Å². The van der Waals surface area contributed by atoms with Crippen LogP contribution < -0.4 is 10.1 Å². The Hall–Kier alpha value is -2.49. The first-order chi connectivity index (χ1) is 10.1. The summed E-state index contributed by atoms with van der Waals surface area (Å²) in [5.41, 5.74) is 2.76. The Morgan fingerprint density at radius 3 is 2.48 bits per heavy atom. The molecule has 4 nitrogen and oxygen atoms in total. The quantitative estimate of drug-likeness (QED) is 0.917. The Balaban J connectivity index is 2.02.